The van der Waals surface area contributed by atoms with E-state index in [0.29, 0.717) is 5.69 Å². The van der Waals surface area contributed by atoms with Crippen LogP contribution >= 0.6 is 11.6 Å². The van der Waals surface area contributed by atoms with Crippen molar-refractivity contribution in [1.82, 2.24) is 15.0 Å². The van der Waals surface area contributed by atoms with Gasteiger partial charge in [0.2, 0.25) is 11.6 Å². The number of anilines is 3. The molecule has 1 aliphatic carbocycles. The SMILES string of the molecule is O=[N+]([O-])c1c(Nc2cccnc2Cl)ncnc1NC1CCCC1. The lowest BCUT2D eigenvalue weighted by atomic mass is 10.2. The topological polar surface area (TPSA) is 106 Å². The van der Waals surface area contributed by atoms with Crippen molar-refractivity contribution < 1.29 is 4.92 Å². The van der Waals surface area contributed by atoms with Crippen molar-refractivity contribution in [2.75, 3.05) is 10.6 Å². The Hall–Kier alpha value is -2.48. The molecule has 23 heavy (non-hydrogen) atoms. The molecule has 1 saturated carbocycles. The predicted molar refractivity (Wildman–Crippen MR) is 87.1 cm³/mol. The number of aromatic nitrogens is 3. The van der Waals surface area contributed by atoms with E-state index in [-0.39, 0.29) is 28.5 Å². The molecule has 2 aromatic rings. The number of pyridine rings is 1. The van der Waals surface area contributed by atoms with E-state index in [1.165, 1.54) is 12.5 Å². The lowest BCUT2D eigenvalue weighted by molar-refractivity contribution is -0.383. The second kappa shape index (κ2) is 6.74. The van der Waals surface area contributed by atoms with Gasteiger partial charge < -0.3 is 10.6 Å². The van der Waals surface area contributed by atoms with E-state index < -0.39 is 4.92 Å². The van der Waals surface area contributed by atoms with E-state index in [1.807, 2.05) is 0 Å². The van der Waals surface area contributed by atoms with Gasteiger partial charge in [0.15, 0.2) is 5.15 Å². The maximum Gasteiger partial charge on any atom is 0.353 e. The third kappa shape index (κ3) is 3.48. The van der Waals surface area contributed by atoms with Crippen molar-refractivity contribution in [1.29, 1.82) is 0 Å². The molecule has 0 radical (unpaired) electrons. The number of hydrogen-bond acceptors (Lipinski definition) is 7. The highest BCUT2D eigenvalue weighted by atomic mass is 35.5. The average molecular weight is 335 g/mol. The van der Waals surface area contributed by atoms with Crippen molar-refractivity contribution in [2.24, 2.45) is 0 Å². The molecule has 8 nitrogen and oxygen atoms in total. The van der Waals surface area contributed by atoms with Crippen LogP contribution in [0, 0.1) is 10.1 Å². The first kappa shape index (κ1) is 15.4. The first-order chi connectivity index (χ1) is 11.1. The standard InChI is InChI=1S/C14H15ClN6O2/c15-12-10(6-3-7-16-12)20-14-11(21(22)23)13(17-8-18-14)19-9-4-1-2-5-9/h3,6-9H,1-2,4-5H2,(H2,17,18,19,20). The number of rotatable bonds is 5. The molecule has 0 saturated heterocycles. The molecule has 2 N–H and O–H groups in total. The zero-order chi connectivity index (χ0) is 16.2. The summed E-state index contributed by atoms with van der Waals surface area (Å²) >= 11 is 5.98. The highest BCUT2D eigenvalue weighted by Crippen LogP contribution is 2.34. The predicted octanol–water partition coefficient (Wildman–Crippen LogP) is 3.53. The Labute approximate surface area is 137 Å². The summed E-state index contributed by atoms with van der Waals surface area (Å²) in [6.45, 7) is 0. The molecule has 0 aromatic carbocycles. The summed E-state index contributed by atoms with van der Waals surface area (Å²) in [6.07, 6.45) is 7.03. The summed E-state index contributed by atoms with van der Waals surface area (Å²) in [5.41, 5.74) is 0.252. The van der Waals surface area contributed by atoms with Crippen LogP contribution < -0.4 is 10.6 Å². The Kier molecular flexibility index (Phi) is 4.52. The Morgan fingerprint density at radius 1 is 1.22 bits per heavy atom. The Morgan fingerprint density at radius 3 is 2.65 bits per heavy atom. The summed E-state index contributed by atoms with van der Waals surface area (Å²) in [5.74, 6) is 0.305. The number of hydrogen-bond donors (Lipinski definition) is 2. The van der Waals surface area contributed by atoms with Gasteiger partial charge >= 0.3 is 5.69 Å². The number of nitrogens with one attached hydrogen (secondary N) is 2. The van der Waals surface area contributed by atoms with Gasteiger partial charge in [-0.15, -0.1) is 0 Å². The zero-order valence-electron chi connectivity index (χ0n) is 12.2. The molecule has 3 rings (SSSR count). The maximum atomic E-state index is 11.5. The summed E-state index contributed by atoms with van der Waals surface area (Å²) in [4.78, 5) is 22.9. The van der Waals surface area contributed by atoms with Crippen molar-refractivity contribution in [2.45, 2.75) is 31.7 Å². The minimum absolute atomic E-state index is 0.0837. The van der Waals surface area contributed by atoms with E-state index in [2.05, 4.69) is 25.6 Å². The van der Waals surface area contributed by atoms with Crippen LogP contribution in [0.4, 0.5) is 23.0 Å². The van der Waals surface area contributed by atoms with Gasteiger partial charge in [0.05, 0.1) is 10.6 Å². The van der Waals surface area contributed by atoms with Crippen LogP contribution in [0.25, 0.3) is 0 Å². The molecule has 1 aliphatic rings. The van der Waals surface area contributed by atoms with Crippen LogP contribution in [0.3, 0.4) is 0 Å². The smallest absolute Gasteiger partial charge is 0.353 e. The number of nitro groups is 1. The fraction of sp³-hybridized carbons (Fsp3) is 0.357. The first-order valence-electron chi connectivity index (χ1n) is 7.28. The Bertz CT molecular complexity index is 720. The fourth-order valence-corrected chi connectivity index (χ4v) is 2.79. The molecule has 0 amide bonds. The van der Waals surface area contributed by atoms with Gasteiger partial charge in [0.1, 0.15) is 6.33 Å². The van der Waals surface area contributed by atoms with Crippen molar-refractivity contribution in [3.63, 3.8) is 0 Å². The lowest BCUT2D eigenvalue weighted by Crippen LogP contribution is -2.17. The Balaban J connectivity index is 1.93. The second-order valence-electron chi connectivity index (χ2n) is 5.27. The van der Waals surface area contributed by atoms with Crippen molar-refractivity contribution in [3.8, 4) is 0 Å². The van der Waals surface area contributed by atoms with Gasteiger partial charge in [-0.2, -0.15) is 0 Å². The van der Waals surface area contributed by atoms with Gasteiger partial charge in [-0.1, -0.05) is 24.4 Å². The average Bonchev–Trinajstić information content (AvgIpc) is 3.02. The lowest BCUT2D eigenvalue weighted by Gasteiger charge is -2.14. The Morgan fingerprint density at radius 2 is 1.96 bits per heavy atom. The molecule has 0 spiro atoms. The van der Waals surface area contributed by atoms with E-state index >= 15 is 0 Å². The molecule has 0 bridgehead atoms. The summed E-state index contributed by atoms with van der Waals surface area (Å²) < 4.78 is 0. The molecular formula is C14H15ClN6O2. The van der Waals surface area contributed by atoms with E-state index in [1.54, 1.807) is 12.1 Å². The molecule has 0 aliphatic heterocycles. The third-order valence-electron chi connectivity index (χ3n) is 3.71. The molecular weight excluding hydrogens is 320 g/mol. The highest BCUT2D eigenvalue weighted by molar-refractivity contribution is 6.32. The zero-order valence-corrected chi connectivity index (χ0v) is 13.0. The molecule has 0 unspecified atom stereocenters. The molecule has 1 fully saturated rings. The summed E-state index contributed by atoms with van der Waals surface area (Å²) in [7, 11) is 0. The quantitative estimate of drug-likeness (QED) is 0.489. The van der Waals surface area contributed by atoms with Crippen molar-refractivity contribution in [3.05, 3.63) is 39.9 Å². The minimum Gasteiger partial charge on any atom is -0.361 e. The maximum absolute atomic E-state index is 11.5. The van der Waals surface area contributed by atoms with Gasteiger partial charge in [-0.3, -0.25) is 10.1 Å². The van der Waals surface area contributed by atoms with Crippen molar-refractivity contribution >= 4 is 34.6 Å². The molecule has 9 heteroatoms. The number of halogens is 1. The number of nitrogens with zero attached hydrogens (tertiary/aromatic N) is 4. The van der Waals surface area contributed by atoms with Crippen LogP contribution in [-0.4, -0.2) is 25.9 Å². The normalized spacial score (nSPS) is 14.7. The van der Waals surface area contributed by atoms with Crippen LogP contribution in [0.1, 0.15) is 25.7 Å². The molecule has 120 valence electrons. The first-order valence-corrected chi connectivity index (χ1v) is 7.66. The molecule has 0 atom stereocenters. The van der Waals surface area contributed by atoms with Gasteiger partial charge in [-0.05, 0) is 25.0 Å². The molecule has 2 aromatic heterocycles. The molecule has 2 heterocycles. The van der Waals surface area contributed by atoms with Crippen LogP contribution in [0.15, 0.2) is 24.7 Å². The monoisotopic (exact) mass is 334 g/mol. The van der Waals surface area contributed by atoms with E-state index in [0.717, 1.165) is 25.7 Å². The van der Waals surface area contributed by atoms with Crippen LogP contribution in [0.5, 0.6) is 0 Å². The van der Waals surface area contributed by atoms with E-state index in [9.17, 15) is 10.1 Å². The highest BCUT2D eigenvalue weighted by Gasteiger charge is 2.26. The van der Waals surface area contributed by atoms with Crippen LogP contribution in [-0.2, 0) is 0 Å². The van der Waals surface area contributed by atoms with Gasteiger partial charge in [-0.25, -0.2) is 15.0 Å². The van der Waals surface area contributed by atoms with Gasteiger partial charge in [0, 0.05) is 12.2 Å². The fourth-order valence-electron chi connectivity index (χ4n) is 2.62. The summed E-state index contributed by atoms with van der Waals surface area (Å²) in [6, 6.07) is 3.56. The van der Waals surface area contributed by atoms with Gasteiger partial charge in [0.25, 0.3) is 0 Å². The largest absolute Gasteiger partial charge is 0.361 e. The minimum atomic E-state index is -0.496. The van der Waals surface area contributed by atoms with E-state index in [4.69, 9.17) is 11.6 Å². The third-order valence-corrected chi connectivity index (χ3v) is 4.01. The second-order valence-corrected chi connectivity index (χ2v) is 5.63. The van der Waals surface area contributed by atoms with Crippen LogP contribution in [0.2, 0.25) is 5.15 Å². The summed E-state index contributed by atoms with van der Waals surface area (Å²) in [5, 5.41) is 17.7.